The van der Waals surface area contributed by atoms with Crippen molar-refractivity contribution in [1.82, 2.24) is 5.32 Å². The number of amides is 2. The number of carboxylic acids is 1. The Balaban J connectivity index is 2.69. The zero-order chi connectivity index (χ0) is 15.1. The molecule has 0 saturated carbocycles. The van der Waals surface area contributed by atoms with Gasteiger partial charge in [0.2, 0.25) is 0 Å². The van der Waals surface area contributed by atoms with Gasteiger partial charge >= 0.3 is 12.0 Å². The van der Waals surface area contributed by atoms with E-state index in [0.717, 1.165) is 0 Å². The molecule has 0 fully saturated rings. The average Bonchev–Trinajstić information content (AvgIpc) is 2.39. The molecule has 1 unspecified atom stereocenters. The van der Waals surface area contributed by atoms with Crippen LogP contribution in [0.4, 0.5) is 10.5 Å². The molecule has 1 aromatic carbocycles. The first kappa shape index (κ1) is 16.0. The van der Waals surface area contributed by atoms with Gasteiger partial charge in [-0.05, 0) is 32.4 Å². The Bertz CT molecular complexity index is 488. The summed E-state index contributed by atoms with van der Waals surface area (Å²) in [6.07, 6.45) is -0.0958. The minimum absolute atomic E-state index is 0.0676. The highest BCUT2D eigenvalue weighted by molar-refractivity contribution is 6.00. The van der Waals surface area contributed by atoms with E-state index >= 15 is 0 Å². The van der Waals surface area contributed by atoms with Crippen molar-refractivity contribution in [1.29, 1.82) is 0 Å². The minimum Gasteiger partial charge on any atom is -0.478 e. The van der Waals surface area contributed by atoms with Crippen molar-refractivity contribution in [3.05, 3.63) is 29.3 Å². The van der Waals surface area contributed by atoms with Gasteiger partial charge in [0.05, 0.1) is 17.4 Å². The smallest absolute Gasteiger partial charge is 0.337 e. The number of rotatable bonds is 6. The first-order chi connectivity index (χ1) is 9.45. The Hall–Kier alpha value is -2.08. The third-order valence-electron chi connectivity index (χ3n) is 2.74. The van der Waals surface area contributed by atoms with E-state index in [2.05, 4.69) is 10.6 Å². The molecule has 0 bridgehead atoms. The lowest BCUT2D eigenvalue weighted by molar-refractivity contribution is 0.0697. The number of ether oxygens (including phenoxy) is 1. The third kappa shape index (κ3) is 4.55. The van der Waals surface area contributed by atoms with Crippen LogP contribution in [0.25, 0.3) is 0 Å². The third-order valence-corrected chi connectivity index (χ3v) is 2.74. The van der Waals surface area contributed by atoms with Crippen LogP contribution in [0, 0.1) is 6.92 Å². The molecule has 6 heteroatoms. The largest absolute Gasteiger partial charge is 0.478 e. The predicted molar refractivity (Wildman–Crippen MR) is 76.2 cm³/mol. The van der Waals surface area contributed by atoms with Crippen molar-refractivity contribution < 1.29 is 19.4 Å². The SMILES string of the molecule is CCOC(C)CNC(=O)Nc1c(C)cccc1C(=O)O. The van der Waals surface area contributed by atoms with Crippen LogP contribution in [0.15, 0.2) is 18.2 Å². The van der Waals surface area contributed by atoms with Gasteiger partial charge in [0.1, 0.15) is 0 Å². The molecular weight excluding hydrogens is 260 g/mol. The second-order valence-corrected chi connectivity index (χ2v) is 4.40. The molecule has 2 amide bonds. The summed E-state index contributed by atoms with van der Waals surface area (Å²) in [6, 6.07) is 4.38. The number of carbonyl (C=O) groups excluding carboxylic acids is 1. The number of aromatic carboxylic acids is 1. The van der Waals surface area contributed by atoms with Crippen molar-refractivity contribution in [3.63, 3.8) is 0 Å². The fraction of sp³-hybridized carbons (Fsp3) is 0.429. The van der Waals surface area contributed by atoms with Gasteiger partial charge in [0.15, 0.2) is 0 Å². The summed E-state index contributed by atoms with van der Waals surface area (Å²) in [5, 5.41) is 14.3. The molecule has 1 aromatic rings. The maximum Gasteiger partial charge on any atom is 0.337 e. The number of carbonyl (C=O) groups is 2. The first-order valence-corrected chi connectivity index (χ1v) is 6.45. The van der Waals surface area contributed by atoms with E-state index in [4.69, 9.17) is 9.84 Å². The summed E-state index contributed by atoms with van der Waals surface area (Å²) in [6.45, 7) is 6.40. The number of benzene rings is 1. The Morgan fingerprint density at radius 3 is 2.70 bits per heavy atom. The van der Waals surface area contributed by atoms with Crippen LogP contribution in [0.3, 0.4) is 0 Å². The predicted octanol–water partition coefficient (Wildman–Crippen LogP) is 2.24. The molecule has 0 aliphatic rings. The summed E-state index contributed by atoms with van der Waals surface area (Å²) < 4.78 is 5.29. The molecule has 1 rings (SSSR count). The highest BCUT2D eigenvalue weighted by Crippen LogP contribution is 2.20. The van der Waals surface area contributed by atoms with Gasteiger partial charge in [-0.3, -0.25) is 0 Å². The molecule has 0 heterocycles. The van der Waals surface area contributed by atoms with Gasteiger partial charge < -0.3 is 20.5 Å². The summed E-state index contributed by atoms with van der Waals surface area (Å²) in [5.74, 6) is -1.08. The number of nitrogens with one attached hydrogen (secondary N) is 2. The fourth-order valence-corrected chi connectivity index (χ4v) is 1.75. The van der Waals surface area contributed by atoms with E-state index in [1.165, 1.54) is 6.07 Å². The second kappa shape index (κ2) is 7.49. The lowest BCUT2D eigenvalue weighted by Gasteiger charge is -2.15. The zero-order valence-corrected chi connectivity index (χ0v) is 11.9. The van der Waals surface area contributed by atoms with Crippen molar-refractivity contribution in [2.24, 2.45) is 0 Å². The van der Waals surface area contributed by atoms with Crippen LogP contribution >= 0.6 is 0 Å². The van der Waals surface area contributed by atoms with Gasteiger partial charge in [-0.2, -0.15) is 0 Å². The molecule has 0 aliphatic carbocycles. The maximum atomic E-state index is 11.8. The van der Waals surface area contributed by atoms with Crippen LogP contribution in [-0.4, -0.2) is 36.4 Å². The van der Waals surface area contributed by atoms with Gasteiger partial charge in [0, 0.05) is 13.2 Å². The van der Waals surface area contributed by atoms with E-state index < -0.39 is 12.0 Å². The summed E-state index contributed by atoms with van der Waals surface area (Å²) in [7, 11) is 0. The lowest BCUT2D eigenvalue weighted by atomic mass is 10.1. The normalized spacial score (nSPS) is 11.8. The summed E-state index contributed by atoms with van der Waals surface area (Å²) in [4.78, 5) is 22.9. The van der Waals surface area contributed by atoms with Crippen molar-refractivity contribution in [2.45, 2.75) is 26.9 Å². The molecule has 0 saturated heterocycles. The van der Waals surface area contributed by atoms with Crippen LogP contribution in [0.1, 0.15) is 29.8 Å². The number of anilines is 1. The molecule has 20 heavy (non-hydrogen) atoms. The van der Waals surface area contributed by atoms with Gasteiger partial charge in [0.25, 0.3) is 0 Å². The van der Waals surface area contributed by atoms with Crippen molar-refractivity contribution in [2.75, 3.05) is 18.5 Å². The zero-order valence-electron chi connectivity index (χ0n) is 11.9. The highest BCUT2D eigenvalue weighted by atomic mass is 16.5. The van der Waals surface area contributed by atoms with Crippen LogP contribution in [0.5, 0.6) is 0 Å². The Kier molecular flexibility index (Phi) is 5.99. The quantitative estimate of drug-likeness (QED) is 0.745. The van der Waals surface area contributed by atoms with Crippen molar-refractivity contribution in [3.8, 4) is 0 Å². The Morgan fingerprint density at radius 2 is 2.10 bits per heavy atom. The van der Waals surface area contributed by atoms with Gasteiger partial charge in [-0.15, -0.1) is 0 Å². The lowest BCUT2D eigenvalue weighted by Crippen LogP contribution is -2.35. The molecule has 6 nitrogen and oxygen atoms in total. The number of para-hydroxylation sites is 1. The van der Waals surface area contributed by atoms with E-state index in [1.54, 1.807) is 19.1 Å². The first-order valence-electron chi connectivity index (χ1n) is 6.45. The number of urea groups is 1. The van der Waals surface area contributed by atoms with Gasteiger partial charge in [-0.1, -0.05) is 12.1 Å². The molecule has 0 radical (unpaired) electrons. The molecule has 0 spiro atoms. The molecular formula is C14H20N2O4. The Labute approximate surface area is 118 Å². The number of carboxylic acid groups (broad SMARTS) is 1. The summed E-state index contributed by atoms with van der Waals surface area (Å²) in [5.41, 5.74) is 1.07. The van der Waals surface area contributed by atoms with Crippen LogP contribution < -0.4 is 10.6 Å². The number of hydrogen-bond acceptors (Lipinski definition) is 3. The monoisotopic (exact) mass is 280 g/mol. The highest BCUT2D eigenvalue weighted by Gasteiger charge is 2.14. The topological polar surface area (TPSA) is 87.7 Å². The standard InChI is InChI=1S/C14H20N2O4/c1-4-20-10(3)8-15-14(19)16-12-9(2)6-5-7-11(12)13(17)18/h5-7,10H,4,8H2,1-3H3,(H,17,18)(H2,15,16,19). The molecule has 110 valence electrons. The van der Waals surface area contributed by atoms with E-state index in [9.17, 15) is 9.59 Å². The molecule has 0 aromatic heterocycles. The Morgan fingerprint density at radius 1 is 1.40 bits per heavy atom. The van der Waals surface area contributed by atoms with Gasteiger partial charge in [-0.25, -0.2) is 9.59 Å². The number of aryl methyl sites for hydroxylation is 1. The maximum absolute atomic E-state index is 11.8. The molecule has 0 aliphatic heterocycles. The molecule has 3 N–H and O–H groups in total. The number of hydrogen-bond donors (Lipinski definition) is 3. The second-order valence-electron chi connectivity index (χ2n) is 4.40. The summed E-state index contributed by atoms with van der Waals surface area (Å²) >= 11 is 0. The molecule has 1 atom stereocenters. The van der Waals surface area contributed by atoms with E-state index in [1.807, 2.05) is 13.8 Å². The van der Waals surface area contributed by atoms with Crippen molar-refractivity contribution >= 4 is 17.7 Å². The minimum atomic E-state index is -1.08. The fourth-order valence-electron chi connectivity index (χ4n) is 1.75. The average molecular weight is 280 g/mol. The van der Waals surface area contributed by atoms with E-state index in [-0.39, 0.29) is 11.7 Å². The van der Waals surface area contributed by atoms with Crippen LogP contribution in [-0.2, 0) is 4.74 Å². The van der Waals surface area contributed by atoms with E-state index in [0.29, 0.717) is 24.4 Å². The van der Waals surface area contributed by atoms with Crippen LogP contribution in [0.2, 0.25) is 0 Å².